The summed E-state index contributed by atoms with van der Waals surface area (Å²) in [6.45, 7) is 0. The largest absolute Gasteiger partial charge is 0.309 e. The lowest BCUT2D eigenvalue weighted by atomic mass is 10.0. The number of thiophene rings is 3. The average molecular weight is 1890 g/mol. The number of rotatable bonds is 14. The summed E-state index contributed by atoms with van der Waals surface area (Å²) >= 11 is 5.57. The van der Waals surface area contributed by atoms with Crippen molar-refractivity contribution >= 4 is 160 Å². The van der Waals surface area contributed by atoms with Gasteiger partial charge >= 0.3 is 0 Å². The number of para-hydroxylation sites is 1. The van der Waals surface area contributed by atoms with E-state index in [1.165, 1.54) is 137 Å². The fourth-order valence-electron chi connectivity index (χ4n) is 20.3. The second kappa shape index (κ2) is 36.0. The summed E-state index contributed by atoms with van der Waals surface area (Å²) in [5.74, 6) is 5.83. The topological polar surface area (TPSA) is 131 Å². The molecule has 144 heavy (non-hydrogen) atoms. The molecule has 0 atom stereocenters. The van der Waals surface area contributed by atoms with Crippen LogP contribution in [-0.4, -0.2) is 58.6 Å². The van der Waals surface area contributed by atoms with Crippen molar-refractivity contribution in [2.75, 3.05) is 0 Å². The van der Waals surface area contributed by atoms with Crippen LogP contribution in [0.2, 0.25) is 0 Å². The Labute approximate surface area is 839 Å². The molecule has 0 aliphatic heterocycles. The third kappa shape index (κ3) is 15.4. The lowest BCUT2D eigenvalue weighted by Crippen LogP contribution is -2.01. The summed E-state index contributed by atoms with van der Waals surface area (Å²) in [6.07, 6.45) is 0. The van der Waals surface area contributed by atoms with Crippen LogP contribution in [0, 0.1) is 0 Å². The maximum absolute atomic E-state index is 5.03. The van der Waals surface area contributed by atoms with E-state index in [4.69, 9.17) is 44.9 Å². The molecule has 0 fully saturated rings. The summed E-state index contributed by atoms with van der Waals surface area (Å²) in [6, 6.07) is 170. The van der Waals surface area contributed by atoms with Crippen molar-refractivity contribution < 1.29 is 0 Å². The zero-order valence-electron chi connectivity index (χ0n) is 77.3. The van der Waals surface area contributed by atoms with E-state index in [0.717, 1.165) is 78.2 Å². The summed E-state index contributed by atoms with van der Waals surface area (Å²) < 4.78 is 14.9. The van der Waals surface area contributed by atoms with Gasteiger partial charge in [0.25, 0.3) is 0 Å². The molecule has 15 heteroatoms. The third-order valence-electron chi connectivity index (χ3n) is 27.1. The van der Waals surface area contributed by atoms with Crippen molar-refractivity contribution in [3.05, 3.63) is 485 Å². The lowest BCUT2D eigenvalue weighted by Gasteiger charge is -2.12. The van der Waals surface area contributed by atoms with E-state index in [0.29, 0.717) is 52.4 Å². The van der Waals surface area contributed by atoms with E-state index in [-0.39, 0.29) is 0 Å². The molecule has 0 radical (unpaired) electrons. The molecule has 0 spiro atoms. The Balaban J connectivity index is 0.000000108. The number of nitrogens with zero attached hydrogens (tertiary/aromatic N) is 12. The van der Waals surface area contributed by atoms with Crippen LogP contribution in [-0.2, 0) is 0 Å². The third-order valence-corrected chi connectivity index (χ3v) is 30.6. The van der Waals surface area contributed by atoms with Gasteiger partial charge < -0.3 is 13.7 Å². The van der Waals surface area contributed by atoms with Crippen molar-refractivity contribution in [2.24, 2.45) is 0 Å². The van der Waals surface area contributed by atoms with E-state index in [9.17, 15) is 0 Å². The van der Waals surface area contributed by atoms with Crippen LogP contribution >= 0.6 is 34.0 Å². The SMILES string of the molecule is c1ccc(-c2ccc3c(c2)c2c4sc5ccccc5c4ccc2n3-c2cccc(-c3nc(-c4ccccc4)nc(-c4ccccc4)n3)c2)cc1.c1ccc(-c2ccc3c(c2)c2cc4c(cc2n3-c2cccc(-c3nc(-c5ccccc5)nc(-c5ccccc5)n3)c2)sc2ccccc24)cc1.c1ccc(-c2nc(-c3ccccc3)nc(-c3cccc(-n4c5ccccc5c5cc6c(cc54)sc4ccccc46)c3)n2)cc1. The average Bonchev–Trinajstić information content (AvgIpc) is 1.57. The van der Waals surface area contributed by atoms with Crippen LogP contribution in [0.1, 0.15) is 0 Å². The molecule has 0 N–H and O–H groups in total. The highest BCUT2D eigenvalue weighted by atomic mass is 32.1. The van der Waals surface area contributed by atoms with E-state index in [1.54, 1.807) is 0 Å². The lowest BCUT2D eigenvalue weighted by molar-refractivity contribution is 1.07. The van der Waals surface area contributed by atoms with Gasteiger partial charge in [0, 0.05) is 160 Å². The Morgan fingerprint density at radius 1 is 0.132 bits per heavy atom. The van der Waals surface area contributed by atoms with Gasteiger partial charge in [-0.05, 0) is 138 Å². The molecule has 0 saturated carbocycles. The highest BCUT2D eigenvalue weighted by molar-refractivity contribution is 7.27. The smallest absolute Gasteiger partial charge is 0.164 e. The Kier molecular flexibility index (Phi) is 21.2. The van der Waals surface area contributed by atoms with Gasteiger partial charge in [-0.3, -0.25) is 0 Å². The predicted octanol–water partition coefficient (Wildman–Crippen LogP) is 34.3. The minimum atomic E-state index is 0.638. The first kappa shape index (κ1) is 84.7. The van der Waals surface area contributed by atoms with Crippen molar-refractivity contribution in [1.29, 1.82) is 0 Å². The molecule has 674 valence electrons. The van der Waals surface area contributed by atoms with Gasteiger partial charge in [0.15, 0.2) is 52.4 Å². The molecule has 0 aliphatic carbocycles. The van der Waals surface area contributed by atoms with Crippen molar-refractivity contribution in [1.82, 2.24) is 58.6 Å². The molecule has 0 unspecified atom stereocenters. The number of fused-ring (bicyclic) bond motifs is 19. The van der Waals surface area contributed by atoms with E-state index < -0.39 is 0 Å². The minimum absolute atomic E-state index is 0.638. The highest BCUT2D eigenvalue weighted by Crippen LogP contribution is 2.48. The molecular weight excluding hydrogens is 1810 g/mol. The van der Waals surface area contributed by atoms with Gasteiger partial charge in [0.05, 0.1) is 33.1 Å². The molecule has 9 aromatic heterocycles. The van der Waals surface area contributed by atoms with Crippen LogP contribution in [0.5, 0.6) is 0 Å². The zero-order chi connectivity index (χ0) is 95.1. The van der Waals surface area contributed by atoms with E-state index >= 15 is 0 Å². The van der Waals surface area contributed by atoms with Gasteiger partial charge in [-0.2, -0.15) is 0 Å². The van der Waals surface area contributed by atoms with Gasteiger partial charge in [-0.15, -0.1) is 34.0 Å². The first-order valence-corrected chi connectivity index (χ1v) is 50.5. The maximum Gasteiger partial charge on any atom is 0.164 e. The quantitative estimate of drug-likeness (QED) is 0.104. The van der Waals surface area contributed by atoms with E-state index in [2.05, 4.69) is 317 Å². The van der Waals surface area contributed by atoms with Crippen molar-refractivity contribution in [2.45, 2.75) is 0 Å². The first-order chi connectivity index (χ1) is 71.3. The Hall–Kier alpha value is -18.5. The normalized spacial score (nSPS) is 11.6. The van der Waals surface area contributed by atoms with Gasteiger partial charge in [-0.1, -0.05) is 370 Å². The van der Waals surface area contributed by atoms with Crippen LogP contribution in [0.3, 0.4) is 0 Å². The number of benzene rings is 20. The summed E-state index contributed by atoms with van der Waals surface area (Å²) in [4.78, 5) is 44.8. The second-order valence-corrected chi connectivity index (χ2v) is 39.1. The predicted molar refractivity (Wildman–Crippen MR) is 601 cm³/mol. The van der Waals surface area contributed by atoms with Crippen LogP contribution in [0.4, 0.5) is 0 Å². The monoisotopic (exact) mass is 1890 g/mol. The second-order valence-electron chi connectivity index (χ2n) is 35.8. The molecule has 0 aliphatic rings. The zero-order valence-corrected chi connectivity index (χ0v) is 79.7. The number of hydrogen-bond donors (Lipinski definition) is 0. The number of aromatic nitrogens is 12. The minimum Gasteiger partial charge on any atom is -0.309 e. The molecule has 0 bridgehead atoms. The molecule has 29 aromatic rings. The van der Waals surface area contributed by atoms with Crippen LogP contribution in [0.25, 0.3) is 268 Å². The standard InChI is InChI=1S/2C45H28N4S.C39H24N4S/c1-4-13-29(14-5-1)32-23-25-38-37(28-32)41-39(26-24-36-35-21-10-11-22-40(35)50-42(36)41)49(38)34-20-12-19-33(27-34)45-47-43(30-15-6-2-7-16-30)46-44(48-45)31-17-8-3-9-18-31;1-4-13-29(14-5-1)32-23-24-39-36(26-32)37-27-38-35-21-10-11-22-41(35)50-42(38)28-40(37)49(39)34-20-12-19-33(25-34)45-47-43(30-15-6-2-7-16-30)46-44(48-45)31-17-8-3-9-18-31;1-3-12-25(13-4-1)37-40-38(26-14-5-2-6-15-26)42-39(41-37)27-16-11-17-28(22-27)43-33-20-9-7-18-29(33)31-23-32-30-19-8-10-21-35(30)44-36(32)24-34(31)43/h2*1-28H;1-24H. The molecule has 12 nitrogen and oxygen atoms in total. The fourth-order valence-corrected chi connectivity index (χ4v) is 23.8. The van der Waals surface area contributed by atoms with Gasteiger partial charge in [0.1, 0.15) is 0 Å². The fraction of sp³-hybridized carbons (Fsp3) is 0. The van der Waals surface area contributed by atoms with Gasteiger partial charge in [-0.25, -0.2) is 44.9 Å². The molecule has 0 amide bonds. The van der Waals surface area contributed by atoms with Crippen molar-refractivity contribution in [3.8, 4) is 142 Å². The highest BCUT2D eigenvalue weighted by Gasteiger charge is 2.26. The first-order valence-electron chi connectivity index (χ1n) is 48.0. The van der Waals surface area contributed by atoms with Crippen LogP contribution < -0.4 is 0 Å². The Morgan fingerprint density at radius 2 is 0.396 bits per heavy atom. The Morgan fingerprint density at radius 3 is 0.771 bits per heavy atom. The molecular formula is C129H80N12S3. The summed E-state index contributed by atoms with van der Waals surface area (Å²) in [5, 5.41) is 15.3. The molecule has 20 aromatic carbocycles. The number of hydrogen-bond acceptors (Lipinski definition) is 12. The van der Waals surface area contributed by atoms with Crippen LogP contribution in [0.15, 0.2) is 485 Å². The molecule has 29 rings (SSSR count). The van der Waals surface area contributed by atoms with Crippen molar-refractivity contribution in [3.63, 3.8) is 0 Å². The maximum atomic E-state index is 5.03. The Bertz CT molecular complexity index is 9670. The summed E-state index contributed by atoms with van der Waals surface area (Å²) in [5.41, 5.74) is 23.5. The summed E-state index contributed by atoms with van der Waals surface area (Å²) in [7, 11) is 0. The van der Waals surface area contributed by atoms with Gasteiger partial charge in [0.2, 0.25) is 0 Å². The molecule has 9 heterocycles. The molecule has 0 saturated heterocycles. The van der Waals surface area contributed by atoms with E-state index in [1.807, 2.05) is 216 Å².